The standard InChI is InChI=1S/C15H19FN2O3/c1-4-8(2)12(15(20)21-3)18-13-10-6-5-9(16)7-11(10)17-14(13)19/h5-8,12-13,18H,4H2,1-3H3,(H,17,19). The average molecular weight is 294 g/mol. The van der Waals surface area contributed by atoms with Crippen LogP contribution in [-0.4, -0.2) is 25.0 Å². The molecule has 1 aromatic rings. The van der Waals surface area contributed by atoms with Gasteiger partial charge >= 0.3 is 5.97 Å². The highest BCUT2D eigenvalue weighted by Gasteiger charge is 2.36. The van der Waals surface area contributed by atoms with E-state index >= 15 is 0 Å². The number of esters is 1. The Balaban J connectivity index is 2.25. The molecule has 1 heterocycles. The molecule has 3 unspecified atom stereocenters. The Morgan fingerprint density at radius 1 is 1.52 bits per heavy atom. The Labute approximate surface area is 122 Å². The van der Waals surface area contributed by atoms with Crippen molar-refractivity contribution in [2.45, 2.75) is 32.4 Å². The quantitative estimate of drug-likeness (QED) is 0.815. The third-order valence-corrected chi connectivity index (χ3v) is 3.86. The Kier molecular flexibility index (Phi) is 4.57. The second-order valence-corrected chi connectivity index (χ2v) is 5.21. The molecular formula is C15H19FN2O3. The Bertz CT molecular complexity index is 562. The first kappa shape index (κ1) is 15.4. The molecule has 6 heteroatoms. The van der Waals surface area contributed by atoms with E-state index in [2.05, 4.69) is 10.6 Å². The summed E-state index contributed by atoms with van der Waals surface area (Å²) >= 11 is 0. The van der Waals surface area contributed by atoms with E-state index in [9.17, 15) is 14.0 Å². The predicted molar refractivity (Wildman–Crippen MR) is 76.2 cm³/mol. The summed E-state index contributed by atoms with van der Waals surface area (Å²) in [4.78, 5) is 23.9. The van der Waals surface area contributed by atoms with Gasteiger partial charge in [0.25, 0.3) is 0 Å². The molecule has 2 N–H and O–H groups in total. The van der Waals surface area contributed by atoms with Gasteiger partial charge in [0.05, 0.1) is 7.11 Å². The normalized spacial score (nSPS) is 19.6. The van der Waals surface area contributed by atoms with Crippen LogP contribution in [0.4, 0.5) is 10.1 Å². The summed E-state index contributed by atoms with van der Waals surface area (Å²) < 4.78 is 18.0. The van der Waals surface area contributed by atoms with Crippen LogP contribution >= 0.6 is 0 Å². The molecule has 0 bridgehead atoms. The predicted octanol–water partition coefficient (Wildman–Crippen LogP) is 2.00. The molecule has 3 atom stereocenters. The van der Waals surface area contributed by atoms with Crippen LogP contribution < -0.4 is 10.6 Å². The first-order valence-corrected chi connectivity index (χ1v) is 6.92. The minimum Gasteiger partial charge on any atom is -0.468 e. The van der Waals surface area contributed by atoms with Crippen LogP contribution in [-0.2, 0) is 14.3 Å². The molecule has 21 heavy (non-hydrogen) atoms. The lowest BCUT2D eigenvalue weighted by Crippen LogP contribution is -2.46. The van der Waals surface area contributed by atoms with Crippen LogP contribution in [0.5, 0.6) is 0 Å². The highest BCUT2D eigenvalue weighted by atomic mass is 19.1. The average Bonchev–Trinajstić information content (AvgIpc) is 2.77. The zero-order chi connectivity index (χ0) is 15.6. The molecule has 1 aliphatic rings. The third-order valence-electron chi connectivity index (χ3n) is 3.86. The molecule has 5 nitrogen and oxygen atoms in total. The topological polar surface area (TPSA) is 67.4 Å². The van der Waals surface area contributed by atoms with Gasteiger partial charge in [-0.2, -0.15) is 0 Å². The number of methoxy groups -OCH3 is 1. The van der Waals surface area contributed by atoms with E-state index < -0.39 is 23.9 Å². The highest BCUT2D eigenvalue weighted by Crippen LogP contribution is 2.32. The van der Waals surface area contributed by atoms with Crippen molar-refractivity contribution in [3.05, 3.63) is 29.6 Å². The molecule has 2 rings (SSSR count). The monoisotopic (exact) mass is 294 g/mol. The van der Waals surface area contributed by atoms with Gasteiger partial charge in [0.1, 0.15) is 17.9 Å². The summed E-state index contributed by atoms with van der Waals surface area (Å²) in [6, 6.07) is 2.84. The van der Waals surface area contributed by atoms with Gasteiger partial charge in [-0.05, 0) is 18.1 Å². The van der Waals surface area contributed by atoms with Gasteiger partial charge < -0.3 is 10.1 Å². The zero-order valence-corrected chi connectivity index (χ0v) is 12.3. The molecule has 0 radical (unpaired) electrons. The van der Waals surface area contributed by atoms with E-state index in [0.29, 0.717) is 11.3 Å². The van der Waals surface area contributed by atoms with Crippen molar-refractivity contribution in [3.63, 3.8) is 0 Å². The molecule has 0 fully saturated rings. The maximum Gasteiger partial charge on any atom is 0.323 e. The van der Waals surface area contributed by atoms with Gasteiger partial charge in [-0.1, -0.05) is 26.3 Å². The Morgan fingerprint density at radius 2 is 2.24 bits per heavy atom. The van der Waals surface area contributed by atoms with Crippen LogP contribution in [0.3, 0.4) is 0 Å². The molecule has 0 aromatic heterocycles. The minimum absolute atomic E-state index is 0.00903. The van der Waals surface area contributed by atoms with Gasteiger partial charge in [-0.3, -0.25) is 14.9 Å². The van der Waals surface area contributed by atoms with Gasteiger partial charge in [0.15, 0.2) is 0 Å². The number of carbonyl (C=O) groups excluding carboxylic acids is 2. The van der Waals surface area contributed by atoms with Gasteiger partial charge in [0, 0.05) is 11.3 Å². The largest absolute Gasteiger partial charge is 0.468 e. The van der Waals surface area contributed by atoms with E-state index in [1.807, 2.05) is 13.8 Å². The summed E-state index contributed by atoms with van der Waals surface area (Å²) in [5.74, 6) is -1.11. The molecule has 0 spiro atoms. The fourth-order valence-electron chi connectivity index (χ4n) is 2.41. The second-order valence-electron chi connectivity index (χ2n) is 5.21. The number of halogens is 1. The summed E-state index contributed by atoms with van der Waals surface area (Å²) in [5.41, 5.74) is 1.07. The van der Waals surface area contributed by atoms with Crippen molar-refractivity contribution in [1.29, 1.82) is 0 Å². The molecule has 1 amide bonds. The SMILES string of the molecule is CCC(C)C(NC1C(=O)Nc2cc(F)ccc21)C(=O)OC. The fourth-order valence-corrected chi connectivity index (χ4v) is 2.41. The van der Waals surface area contributed by atoms with Crippen LogP contribution in [0.25, 0.3) is 0 Å². The first-order chi connectivity index (χ1) is 9.97. The number of hydrogen-bond donors (Lipinski definition) is 2. The zero-order valence-electron chi connectivity index (χ0n) is 12.3. The number of ether oxygens (including phenoxy) is 1. The van der Waals surface area contributed by atoms with Crippen molar-refractivity contribution in [2.75, 3.05) is 12.4 Å². The van der Waals surface area contributed by atoms with Crippen molar-refractivity contribution < 1.29 is 18.7 Å². The van der Waals surface area contributed by atoms with Crippen LogP contribution in [0.2, 0.25) is 0 Å². The molecule has 0 saturated heterocycles. The Morgan fingerprint density at radius 3 is 2.86 bits per heavy atom. The summed E-state index contributed by atoms with van der Waals surface area (Å²) in [6.07, 6.45) is 0.761. The minimum atomic E-state index is -0.682. The maximum atomic E-state index is 13.2. The smallest absolute Gasteiger partial charge is 0.323 e. The van der Waals surface area contributed by atoms with Crippen LogP contribution in [0.1, 0.15) is 31.9 Å². The summed E-state index contributed by atoms with van der Waals surface area (Å²) in [5, 5.41) is 5.65. The highest BCUT2D eigenvalue weighted by molar-refractivity contribution is 6.02. The summed E-state index contributed by atoms with van der Waals surface area (Å²) in [7, 11) is 1.32. The van der Waals surface area contributed by atoms with Crippen molar-refractivity contribution in [3.8, 4) is 0 Å². The maximum absolute atomic E-state index is 13.2. The van der Waals surface area contributed by atoms with Crippen molar-refractivity contribution in [1.82, 2.24) is 5.32 Å². The van der Waals surface area contributed by atoms with E-state index in [0.717, 1.165) is 6.42 Å². The number of carbonyl (C=O) groups is 2. The number of nitrogens with one attached hydrogen (secondary N) is 2. The number of amides is 1. The fraction of sp³-hybridized carbons (Fsp3) is 0.467. The lowest BCUT2D eigenvalue weighted by Gasteiger charge is -2.24. The molecule has 1 aliphatic heterocycles. The molecular weight excluding hydrogens is 275 g/mol. The third kappa shape index (κ3) is 3.05. The van der Waals surface area contributed by atoms with E-state index in [-0.39, 0.29) is 11.8 Å². The summed E-state index contributed by atoms with van der Waals surface area (Å²) in [6.45, 7) is 3.87. The van der Waals surface area contributed by atoms with E-state index in [1.165, 1.54) is 19.2 Å². The number of anilines is 1. The molecule has 0 aliphatic carbocycles. The van der Waals surface area contributed by atoms with Gasteiger partial charge in [0.2, 0.25) is 5.91 Å². The van der Waals surface area contributed by atoms with Crippen LogP contribution in [0, 0.1) is 11.7 Å². The molecule has 0 saturated carbocycles. The van der Waals surface area contributed by atoms with Crippen molar-refractivity contribution in [2.24, 2.45) is 5.92 Å². The molecule has 1 aromatic carbocycles. The number of fused-ring (bicyclic) bond motifs is 1. The van der Waals surface area contributed by atoms with E-state index in [1.54, 1.807) is 6.07 Å². The lowest BCUT2D eigenvalue weighted by atomic mass is 9.97. The molecule has 114 valence electrons. The van der Waals surface area contributed by atoms with Gasteiger partial charge in [-0.25, -0.2) is 4.39 Å². The number of rotatable bonds is 5. The first-order valence-electron chi connectivity index (χ1n) is 6.92. The Hall–Kier alpha value is -1.95. The number of hydrogen-bond acceptors (Lipinski definition) is 4. The second kappa shape index (κ2) is 6.22. The lowest BCUT2D eigenvalue weighted by molar-refractivity contribution is -0.145. The van der Waals surface area contributed by atoms with Gasteiger partial charge in [-0.15, -0.1) is 0 Å². The number of benzene rings is 1. The van der Waals surface area contributed by atoms with Crippen LogP contribution in [0.15, 0.2) is 18.2 Å². The van der Waals surface area contributed by atoms with E-state index in [4.69, 9.17) is 4.74 Å². The van der Waals surface area contributed by atoms with Crippen molar-refractivity contribution >= 4 is 17.6 Å².